The maximum atomic E-state index is 13.8. The van der Waals surface area contributed by atoms with Crippen LogP contribution in [0.4, 0.5) is 4.39 Å². The van der Waals surface area contributed by atoms with Crippen molar-refractivity contribution in [2.24, 2.45) is 0 Å². The molecular formula is C25H26FN3O2. The number of fused-ring (bicyclic) bond motifs is 3. The number of carbonyl (C=O) groups excluding carboxylic acids is 2. The molecule has 2 heterocycles. The summed E-state index contributed by atoms with van der Waals surface area (Å²) < 4.78 is 15.8. The average Bonchev–Trinajstić information content (AvgIpc) is 3.39. The van der Waals surface area contributed by atoms with Gasteiger partial charge in [0.1, 0.15) is 17.1 Å². The van der Waals surface area contributed by atoms with Crippen LogP contribution in [-0.2, 0) is 17.9 Å². The second-order valence-corrected chi connectivity index (χ2v) is 8.92. The molecule has 2 amide bonds. The van der Waals surface area contributed by atoms with Crippen molar-refractivity contribution >= 4 is 22.7 Å². The third kappa shape index (κ3) is 3.40. The summed E-state index contributed by atoms with van der Waals surface area (Å²) in [6.45, 7) is 2.36. The minimum Gasteiger partial charge on any atom is -0.351 e. The van der Waals surface area contributed by atoms with Crippen molar-refractivity contribution in [3.05, 3.63) is 71.7 Å². The van der Waals surface area contributed by atoms with E-state index in [0.717, 1.165) is 36.6 Å². The number of halogens is 1. The summed E-state index contributed by atoms with van der Waals surface area (Å²) in [5, 5.41) is 4.16. The minimum absolute atomic E-state index is 0.146. The quantitative estimate of drug-likeness (QED) is 0.687. The van der Waals surface area contributed by atoms with Crippen LogP contribution in [0.15, 0.2) is 54.6 Å². The van der Waals surface area contributed by atoms with E-state index in [9.17, 15) is 14.0 Å². The lowest BCUT2D eigenvalue weighted by atomic mass is 9.93. The Kier molecular flexibility index (Phi) is 4.80. The lowest BCUT2D eigenvalue weighted by Gasteiger charge is -2.44. The predicted molar refractivity (Wildman–Crippen MR) is 117 cm³/mol. The van der Waals surface area contributed by atoms with Crippen LogP contribution in [-0.4, -0.2) is 32.9 Å². The Balaban J connectivity index is 1.57. The van der Waals surface area contributed by atoms with Crippen molar-refractivity contribution in [1.82, 2.24) is 14.8 Å². The molecule has 1 aliphatic heterocycles. The molecule has 1 aliphatic carbocycles. The number of nitrogens with zero attached hydrogens (tertiary/aromatic N) is 2. The zero-order chi connectivity index (χ0) is 21.6. The van der Waals surface area contributed by atoms with Gasteiger partial charge in [-0.05, 0) is 49.6 Å². The maximum absolute atomic E-state index is 13.8. The third-order valence-electron chi connectivity index (χ3n) is 6.75. The van der Waals surface area contributed by atoms with E-state index in [0.29, 0.717) is 17.8 Å². The number of amides is 2. The molecule has 2 aromatic carbocycles. The van der Waals surface area contributed by atoms with Gasteiger partial charge in [0.2, 0.25) is 5.91 Å². The first-order valence-corrected chi connectivity index (χ1v) is 10.9. The van der Waals surface area contributed by atoms with Gasteiger partial charge < -0.3 is 14.8 Å². The molecule has 1 N–H and O–H groups in total. The molecule has 5 nitrogen and oxygen atoms in total. The number of rotatable bonds is 4. The van der Waals surface area contributed by atoms with E-state index in [1.54, 1.807) is 17.0 Å². The summed E-state index contributed by atoms with van der Waals surface area (Å²) in [4.78, 5) is 28.8. The summed E-state index contributed by atoms with van der Waals surface area (Å²) in [5.74, 6) is -0.712. The number of para-hydroxylation sites is 1. The molecule has 0 unspecified atom stereocenters. The highest BCUT2D eigenvalue weighted by Crippen LogP contribution is 2.34. The standard InChI is InChI=1S/C25H26FN3O2/c1-25(24(31)27-20-10-3-4-11-20)16-28-21-12-5-2-8-18(21)14-22(28)23(30)29(25)15-17-7-6-9-19(26)13-17/h2,5-9,12-14,20H,3-4,10-11,15-16H2,1H3,(H,27,31)/t25-/m1/s1. The average molecular weight is 420 g/mol. The molecule has 31 heavy (non-hydrogen) atoms. The Bertz CT molecular complexity index is 1160. The Morgan fingerprint density at radius 3 is 2.68 bits per heavy atom. The van der Waals surface area contributed by atoms with Gasteiger partial charge in [-0.2, -0.15) is 0 Å². The molecule has 0 bridgehead atoms. The van der Waals surface area contributed by atoms with Crippen LogP contribution in [0, 0.1) is 5.82 Å². The summed E-state index contributed by atoms with van der Waals surface area (Å²) in [6.07, 6.45) is 4.16. The van der Waals surface area contributed by atoms with Crippen LogP contribution >= 0.6 is 0 Å². The molecule has 1 fully saturated rings. The summed E-state index contributed by atoms with van der Waals surface area (Å²) in [5.41, 5.74) is 1.08. The van der Waals surface area contributed by atoms with Crippen LogP contribution in [0.3, 0.4) is 0 Å². The van der Waals surface area contributed by atoms with Crippen LogP contribution < -0.4 is 5.32 Å². The van der Waals surface area contributed by atoms with Gasteiger partial charge in [-0.25, -0.2) is 4.39 Å². The fraction of sp³-hybridized carbons (Fsp3) is 0.360. The molecule has 1 aromatic heterocycles. The summed E-state index contributed by atoms with van der Waals surface area (Å²) >= 11 is 0. The first kappa shape index (κ1) is 19.8. The molecule has 160 valence electrons. The van der Waals surface area contributed by atoms with Crippen molar-refractivity contribution in [2.45, 2.75) is 57.3 Å². The summed E-state index contributed by atoms with van der Waals surface area (Å²) in [6, 6.07) is 16.1. The lowest BCUT2D eigenvalue weighted by Crippen LogP contribution is -2.64. The van der Waals surface area contributed by atoms with Gasteiger partial charge in [0.25, 0.3) is 5.91 Å². The maximum Gasteiger partial charge on any atom is 0.271 e. The van der Waals surface area contributed by atoms with Gasteiger partial charge >= 0.3 is 0 Å². The Hall–Kier alpha value is -3.15. The fourth-order valence-electron chi connectivity index (χ4n) is 4.98. The SMILES string of the molecule is C[C@]1(C(=O)NC2CCCC2)Cn2c(cc3ccccc32)C(=O)N1Cc1cccc(F)c1. The largest absolute Gasteiger partial charge is 0.351 e. The third-order valence-corrected chi connectivity index (χ3v) is 6.75. The first-order chi connectivity index (χ1) is 15.0. The number of hydrogen-bond acceptors (Lipinski definition) is 2. The second-order valence-electron chi connectivity index (χ2n) is 8.92. The highest BCUT2D eigenvalue weighted by Gasteiger charge is 2.48. The van der Waals surface area contributed by atoms with E-state index in [4.69, 9.17) is 0 Å². The van der Waals surface area contributed by atoms with Crippen molar-refractivity contribution < 1.29 is 14.0 Å². The molecule has 0 spiro atoms. The predicted octanol–water partition coefficient (Wildman–Crippen LogP) is 4.25. The molecular weight excluding hydrogens is 393 g/mol. The zero-order valence-corrected chi connectivity index (χ0v) is 17.6. The van der Waals surface area contributed by atoms with E-state index >= 15 is 0 Å². The zero-order valence-electron chi connectivity index (χ0n) is 17.6. The minimum atomic E-state index is -1.08. The molecule has 6 heteroatoms. The monoisotopic (exact) mass is 419 g/mol. The van der Waals surface area contributed by atoms with Gasteiger partial charge in [-0.3, -0.25) is 9.59 Å². The number of hydrogen-bond donors (Lipinski definition) is 1. The van der Waals surface area contributed by atoms with Crippen molar-refractivity contribution in [1.29, 1.82) is 0 Å². The van der Waals surface area contributed by atoms with Crippen molar-refractivity contribution in [3.8, 4) is 0 Å². The highest BCUT2D eigenvalue weighted by atomic mass is 19.1. The van der Waals surface area contributed by atoms with E-state index in [2.05, 4.69) is 5.32 Å². The molecule has 3 aromatic rings. The topological polar surface area (TPSA) is 54.3 Å². The van der Waals surface area contributed by atoms with E-state index in [-0.39, 0.29) is 30.2 Å². The van der Waals surface area contributed by atoms with Gasteiger partial charge in [0.05, 0.1) is 6.54 Å². The van der Waals surface area contributed by atoms with Gasteiger partial charge in [-0.15, -0.1) is 0 Å². The number of benzene rings is 2. The molecule has 0 saturated heterocycles. The van der Waals surface area contributed by atoms with Gasteiger partial charge in [-0.1, -0.05) is 43.2 Å². The Labute approximate surface area is 180 Å². The van der Waals surface area contributed by atoms with Crippen molar-refractivity contribution in [3.63, 3.8) is 0 Å². The summed E-state index contributed by atoms with van der Waals surface area (Å²) in [7, 11) is 0. The lowest BCUT2D eigenvalue weighted by molar-refractivity contribution is -0.133. The number of aromatic nitrogens is 1. The van der Waals surface area contributed by atoms with Crippen LogP contribution in [0.25, 0.3) is 10.9 Å². The molecule has 0 radical (unpaired) electrons. The Morgan fingerprint density at radius 1 is 1.13 bits per heavy atom. The van der Waals surface area contributed by atoms with E-state index in [1.807, 2.05) is 41.8 Å². The van der Waals surface area contributed by atoms with E-state index in [1.165, 1.54) is 12.1 Å². The second kappa shape index (κ2) is 7.52. The number of carbonyl (C=O) groups is 2. The van der Waals surface area contributed by atoms with Crippen LogP contribution in [0.2, 0.25) is 0 Å². The van der Waals surface area contributed by atoms with Gasteiger partial charge in [0, 0.05) is 23.5 Å². The molecule has 2 aliphatic rings. The van der Waals surface area contributed by atoms with Crippen molar-refractivity contribution in [2.75, 3.05) is 0 Å². The fourth-order valence-corrected chi connectivity index (χ4v) is 4.98. The Morgan fingerprint density at radius 2 is 1.90 bits per heavy atom. The molecule has 1 atom stereocenters. The number of nitrogens with one attached hydrogen (secondary N) is 1. The molecule has 5 rings (SSSR count). The van der Waals surface area contributed by atoms with Crippen LogP contribution in [0.1, 0.15) is 48.7 Å². The first-order valence-electron chi connectivity index (χ1n) is 10.9. The van der Waals surface area contributed by atoms with E-state index < -0.39 is 5.54 Å². The normalized spacial score (nSPS) is 21.5. The smallest absolute Gasteiger partial charge is 0.271 e. The molecule has 1 saturated carbocycles. The van der Waals surface area contributed by atoms with Gasteiger partial charge in [0.15, 0.2) is 0 Å². The van der Waals surface area contributed by atoms with Crippen LogP contribution in [0.5, 0.6) is 0 Å². The highest BCUT2D eigenvalue weighted by molar-refractivity contribution is 6.03.